The fourth-order valence-corrected chi connectivity index (χ4v) is 1.55. The van der Waals surface area contributed by atoms with Crippen molar-refractivity contribution in [2.24, 2.45) is 0 Å². The highest BCUT2D eigenvalue weighted by Crippen LogP contribution is 2.09. The average Bonchev–Trinajstić information content (AvgIpc) is 2.85. The highest BCUT2D eigenvalue weighted by molar-refractivity contribution is 5.92. The van der Waals surface area contributed by atoms with Crippen LogP contribution in [0.4, 0.5) is 0 Å². The number of carbonyl (C=O) groups excluding carboxylic acids is 1. The third-order valence-corrected chi connectivity index (χ3v) is 2.47. The standard InChI is InChI=1S/C15H16N2O2/c1-11(2)9-16-15(18)13-10-19-14(17-13)8-12-6-4-3-5-7-12/h3-7,9-10H,8H2,1-2H3,(H,16,18). The van der Waals surface area contributed by atoms with Crippen molar-refractivity contribution in [3.8, 4) is 0 Å². The van der Waals surface area contributed by atoms with E-state index in [1.54, 1.807) is 6.20 Å². The lowest BCUT2D eigenvalue weighted by Crippen LogP contribution is -2.17. The van der Waals surface area contributed by atoms with Gasteiger partial charge in [0.15, 0.2) is 11.6 Å². The molecule has 0 unspecified atom stereocenters. The first-order valence-electron chi connectivity index (χ1n) is 6.07. The minimum absolute atomic E-state index is 0.260. The Kier molecular flexibility index (Phi) is 4.13. The van der Waals surface area contributed by atoms with Crippen LogP contribution in [0.15, 0.2) is 52.8 Å². The van der Waals surface area contributed by atoms with E-state index in [0.29, 0.717) is 18.0 Å². The predicted octanol–water partition coefficient (Wildman–Crippen LogP) is 2.92. The molecule has 2 rings (SSSR count). The van der Waals surface area contributed by atoms with Crippen LogP contribution in [0.2, 0.25) is 0 Å². The smallest absolute Gasteiger partial charge is 0.277 e. The summed E-state index contributed by atoms with van der Waals surface area (Å²) >= 11 is 0. The molecule has 0 aliphatic rings. The van der Waals surface area contributed by atoms with Gasteiger partial charge in [0, 0.05) is 12.6 Å². The van der Waals surface area contributed by atoms with Gasteiger partial charge in [0.25, 0.3) is 5.91 Å². The molecule has 0 saturated heterocycles. The van der Waals surface area contributed by atoms with E-state index in [-0.39, 0.29) is 5.91 Å². The summed E-state index contributed by atoms with van der Waals surface area (Å²) in [6, 6.07) is 9.86. The Morgan fingerprint density at radius 3 is 2.74 bits per heavy atom. The van der Waals surface area contributed by atoms with Gasteiger partial charge in [-0.3, -0.25) is 4.79 Å². The van der Waals surface area contributed by atoms with Crippen molar-refractivity contribution < 1.29 is 9.21 Å². The largest absolute Gasteiger partial charge is 0.448 e. The van der Waals surface area contributed by atoms with Gasteiger partial charge in [-0.1, -0.05) is 35.9 Å². The van der Waals surface area contributed by atoms with Gasteiger partial charge in [0.05, 0.1) is 0 Å². The molecule has 0 spiro atoms. The van der Waals surface area contributed by atoms with Crippen LogP contribution < -0.4 is 5.32 Å². The minimum atomic E-state index is -0.260. The summed E-state index contributed by atoms with van der Waals surface area (Å²) in [5.41, 5.74) is 2.41. The van der Waals surface area contributed by atoms with E-state index in [0.717, 1.165) is 11.1 Å². The van der Waals surface area contributed by atoms with Crippen LogP contribution in [0, 0.1) is 0 Å². The molecule has 0 saturated carbocycles. The van der Waals surface area contributed by atoms with Crippen LogP contribution in [0.5, 0.6) is 0 Å². The van der Waals surface area contributed by atoms with Crippen LogP contribution in [0.1, 0.15) is 35.8 Å². The predicted molar refractivity (Wildman–Crippen MR) is 72.6 cm³/mol. The van der Waals surface area contributed by atoms with E-state index in [4.69, 9.17) is 4.42 Å². The summed E-state index contributed by atoms with van der Waals surface area (Å²) in [6.45, 7) is 3.81. The molecule has 0 aliphatic heterocycles. The van der Waals surface area contributed by atoms with Crippen LogP contribution >= 0.6 is 0 Å². The zero-order valence-corrected chi connectivity index (χ0v) is 11.0. The molecule has 1 N–H and O–H groups in total. The van der Waals surface area contributed by atoms with E-state index in [1.165, 1.54) is 6.26 Å². The van der Waals surface area contributed by atoms with E-state index in [9.17, 15) is 4.79 Å². The summed E-state index contributed by atoms with van der Waals surface area (Å²) in [7, 11) is 0. The number of aromatic nitrogens is 1. The number of hydrogen-bond acceptors (Lipinski definition) is 3. The van der Waals surface area contributed by atoms with Crippen molar-refractivity contribution in [3.63, 3.8) is 0 Å². The molecule has 19 heavy (non-hydrogen) atoms. The number of nitrogens with one attached hydrogen (secondary N) is 1. The molecule has 0 fully saturated rings. The summed E-state index contributed by atoms with van der Waals surface area (Å²) in [5.74, 6) is 0.276. The molecule has 0 aliphatic carbocycles. The highest BCUT2D eigenvalue weighted by Gasteiger charge is 2.11. The lowest BCUT2D eigenvalue weighted by molar-refractivity contribution is 0.0965. The summed E-state index contributed by atoms with van der Waals surface area (Å²) < 4.78 is 5.30. The van der Waals surface area contributed by atoms with E-state index >= 15 is 0 Å². The summed E-state index contributed by atoms with van der Waals surface area (Å²) in [6.07, 6.45) is 3.61. The Hall–Kier alpha value is -2.36. The van der Waals surface area contributed by atoms with Crippen molar-refractivity contribution in [2.45, 2.75) is 20.3 Å². The molecule has 0 radical (unpaired) electrons. The number of rotatable bonds is 4. The SMILES string of the molecule is CC(C)=CNC(=O)c1coc(Cc2ccccc2)n1. The van der Waals surface area contributed by atoms with Crippen molar-refractivity contribution in [2.75, 3.05) is 0 Å². The van der Waals surface area contributed by atoms with Gasteiger partial charge in [-0.2, -0.15) is 0 Å². The van der Waals surface area contributed by atoms with Gasteiger partial charge in [-0.05, 0) is 19.4 Å². The maximum Gasteiger partial charge on any atom is 0.277 e. The number of hydrogen-bond donors (Lipinski definition) is 1. The molecule has 1 heterocycles. The second-order valence-electron chi connectivity index (χ2n) is 4.48. The molecule has 4 nitrogen and oxygen atoms in total. The van der Waals surface area contributed by atoms with Crippen molar-refractivity contribution in [3.05, 3.63) is 65.5 Å². The van der Waals surface area contributed by atoms with Gasteiger partial charge in [-0.15, -0.1) is 0 Å². The highest BCUT2D eigenvalue weighted by atomic mass is 16.3. The number of oxazole rings is 1. The van der Waals surface area contributed by atoms with Crippen molar-refractivity contribution in [1.29, 1.82) is 0 Å². The molecule has 0 atom stereocenters. The van der Waals surface area contributed by atoms with Gasteiger partial charge < -0.3 is 9.73 Å². The Morgan fingerprint density at radius 2 is 2.05 bits per heavy atom. The molecule has 98 valence electrons. The minimum Gasteiger partial charge on any atom is -0.448 e. The average molecular weight is 256 g/mol. The van der Waals surface area contributed by atoms with Crippen molar-refractivity contribution in [1.82, 2.24) is 10.3 Å². The fourth-order valence-electron chi connectivity index (χ4n) is 1.55. The van der Waals surface area contributed by atoms with Crippen LogP contribution in [0.3, 0.4) is 0 Å². The number of amides is 1. The Balaban J connectivity index is 2.03. The van der Waals surface area contributed by atoms with Crippen LogP contribution in [-0.2, 0) is 6.42 Å². The maximum absolute atomic E-state index is 11.7. The third-order valence-electron chi connectivity index (χ3n) is 2.47. The fraction of sp³-hybridized carbons (Fsp3) is 0.200. The molecular weight excluding hydrogens is 240 g/mol. The van der Waals surface area contributed by atoms with Crippen LogP contribution in [0.25, 0.3) is 0 Å². The topological polar surface area (TPSA) is 55.1 Å². The lowest BCUT2D eigenvalue weighted by Gasteiger charge is -1.96. The Morgan fingerprint density at radius 1 is 1.32 bits per heavy atom. The molecule has 1 amide bonds. The monoisotopic (exact) mass is 256 g/mol. The normalized spacial score (nSPS) is 10.0. The lowest BCUT2D eigenvalue weighted by atomic mass is 10.1. The maximum atomic E-state index is 11.7. The molecule has 0 bridgehead atoms. The van der Waals surface area contributed by atoms with Gasteiger partial charge in [-0.25, -0.2) is 4.98 Å². The van der Waals surface area contributed by atoms with E-state index in [1.807, 2.05) is 44.2 Å². The summed E-state index contributed by atoms with van der Waals surface area (Å²) in [4.78, 5) is 15.9. The van der Waals surface area contributed by atoms with Gasteiger partial charge in [0.1, 0.15) is 6.26 Å². The first kappa shape index (κ1) is 13.1. The van der Waals surface area contributed by atoms with E-state index < -0.39 is 0 Å². The van der Waals surface area contributed by atoms with Crippen LogP contribution in [-0.4, -0.2) is 10.9 Å². The summed E-state index contributed by atoms with van der Waals surface area (Å²) in [5, 5.41) is 2.65. The zero-order valence-electron chi connectivity index (χ0n) is 11.0. The molecule has 1 aromatic carbocycles. The third kappa shape index (κ3) is 3.81. The molecular formula is C15H16N2O2. The number of benzene rings is 1. The first-order valence-corrected chi connectivity index (χ1v) is 6.07. The number of carbonyl (C=O) groups is 1. The quantitative estimate of drug-likeness (QED) is 0.915. The second kappa shape index (κ2) is 6.00. The molecule has 2 aromatic rings. The van der Waals surface area contributed by atoms with E-state index in [2.05, 4.69) is 10.3 Å². The van der Waals surface area contributed by atoms with Gasteiger partial charge in [0.2, 0.25) is 0 Å². The first-order chi connectivity index (χ1) is 9.15. The zero-order chi connectivity index (χ0) is 13.7. The molecule has 4 heteroatoms. The van der Waals surface area contributed by atoms with Crippen molar-refractivity contribution >= 4 is 5.91 Å². The number of nitrogens with zero attached hydrogens (tertiary/aromatic N) is 1. The number of allylic oxidation sites excluding steroid dienone is 1. The second-order valence-corrected chi connectivity index (χ2v) is 4.48. The Labute approximate surface area is 112 Å². The molecule has 1 aromatic heterocycles. The van der Waals surface area contributed by atoms with Gasteiger partial charge >= 0.3 is 0 Å². The Bertz CT molecular complexity index is 581.